The summed E-state index contributed by atoms with van der Waals surface area (Å²) in [6, 6.07) is 20.1. The number of rotatable bonds is 4. The van der Waals surface area contributed by atoms with Crippen LogP contribution in [0.4, 0.5) is 0 Å². The molecule has 0 amide bonds. The van der Waals surface area contributed by atoms with Gasteiger partial charge in [0.2, 0.25) is 0 Å². The minimum absolute atomic E-state index is 0.0591. The minimum Gasteiger partial charge on any atom is -0.481 e. The van der Waals surface area contributed by atoms with Crippen LogP contribution >= 0.6 is 0 Å². The molecule has 0 aliphatic heterocycles. The van der Waals surface area contributed by atoms with Gasteiger partial charge in [0.05, 0.1) is 5.41 Å². The molecule has 1 aliphatic rings. The summed E-state index contributed by atoms with van der Waals surface area (Å²) < 4.78 is 0. The summed E-state index contributed by atoms with van der Waals surface area (Å²) in [5, 5.41) is 9.78. The van der Waals surface area contributed by atoms with Gasteiger partial charge in [-0.2, -0.15) is 0 Å². The zero-order valence-corrected chi connectivity index (χ0v) is 11.3. The molecule has 1 fully saturated rings. The van der Waals surface area contributed by atoms with Gasteiger partial charge in [0.15, 0.2) is 0 Å². The molecule has 0 radical (unpaired) electrons. The number of benzene rings is 2. The average Bonchev–Trinajstić information content (AvgIpc) is 2.44. The molecular weight excluding hydrogens is 248 g/mol. The molecule has 1 N–H and O–H groups in total. The highest BCUT2D eigenvalue weighted by atomic mass is 16.4. The van der Waals surface area contributed by atoms with Crippen molar-refractivity contribution < 1.29 is 9.90 Å². The van der Waals surface area contributed by atoms with Gasteiger partial charge < -0.3 is 5.11 Å². The van der Waals surface area contributed by atoms with Crippen molar-refractivity contribution in [2.24, 2.45) is 5.41 Å². The second kappa shape index (κ2) is 5.12. The van der Waals surface area contributed by atoms with Gasteiger partial charge in [0.1, 0.15) is 0 Å². The number of carboxylic acids is 1. The molecule has 102 valence electrons. The third-order valence-electron chi connectivity index (χ3n) is 4.49. The van der Waals surface area contributed by atoms with E-state index in [2.05, 4.69) is 0 Å². The number of hydrogen-bond acceptors (Lipinski definition) is 1. The maximum Gasteiger partial charge on any atom is 0.310 e. The van der Waals surface area contributed by atoms with Gasteiger partial charge >= 0.3 is 5.97 Å². The Bertz CT molecular complexity index is 546. The molecule has 2 aromatic rings. The predicted octanol–water partition coefficient (Wildman–Crippen LogP) is 4.07. The predicted molar refractivity (Wildman–Crippen MR) is 78.6 cm³/mol. The Hall–Kier alpha value is -2.09. The zero-order chi connectivity index (χ0) is 14.0. The topological polar surface area (TPSA) is 37.3 Å². The van der Waals surface area contributed by atoms with E-state index in [1.165, 1.54) is 0 Å². The Balaban J connectivity index is 2.12. The van der Waals surface area contributed by atoms with E-state index in [0.717, 1.165) is 30.4 Å². The smallest absolute Gasteiger partial charge is 0.310 e. The lowest BCUT2D eigenvalue weighted by Crippen LogP contribution is -2.43. The highest BCUT2D eigenvalue weighted by Crippen LogP contribution is 2.54. The number of hydrogen-bond donors (Lipinski definition) is 1. The van der Waals surface area contributed by atoms with Gasteiger partial charge in [-0.15, -0.1) is 0 Å². The summed E-state index contributed by atoms with van der Waals surface area (Å²) in [4.78, 5) is 11.9. The van der Waals surface area contributed by atoms with E-state index in [9.17, 15) is 9.90 Å². The molecule has 0 aromatic heterocycles. The summed E-state index contributed by atoms with van der Waals surface area (Å²) in [6.07, 6.45) is 2.52. The lowest BCUT2D eigenvalue weighted by atomic mass is 9.57. The molecule has 1 aliphatic carbocycles. The molecule has 0 heterocycles. The van der Waals surface area contributed by atoms with Crippen molar-refractivity contribution >= 4 is 5.97 Å². The molecule has 20 heavy (non-hydrogen) atoms. The Morgan fingerprint density at radius 3 is 1.65 bits per heavy atom. The average molecular weight is 266 g/mol. The van der Waals surface area contributed by atoms with Crippen LogP contribution in [0.3, 0.4) is 0 Å². The Morgan fingerprint density at radius 1 is 0.900 bits per heavy atom. The molecule has 0 atom stereocenters. The van der Waals surface area contributed by atoms with E-state index < -0.39 is 11.4 Å². The van der Waals surface area contributed by atoms with Gasteiger partial charge in [-0.25, -0.2) is 0 Å². The summed E-state index contributed by atoms with van der Waals surface area (Å²) in [7, 11) is 0. The van der Waals surface area contributed by atoms with Crippen molar-refractivity contribution in [2.75, 3.05) is 0 Å². The lowest BCUT2D eigenvalue weighted by molar-refractivity contribution is -0.155. The summed E-state index contributed by atoms with van der Waals surface area (Å²) in [6.45, 7) is 0. The standard InChI is InChI=1S/C18H18O2/c19-17(20)18(12-7-13-18)16(14-8-3-1-4-9-14)15-10-5-2-6-11-15/h1-6,8-11,16H,7,12-13H2,(H,19,20). The molecule has 0 spiro atoms. The maximum atomic E-state index is 11.9. The van der Waals surface area contributed by atoms with Crippen molar-refractivity contribution in [3.63, 3.8) is 0 Å². The second-order valence-corrected chi connectivity index (χ2v) is 5.57. The summed E-state index contributed by atoms with van der Waals surface area (Å²) in [5.41, 5.74) is 1.56. The highest BCUT2D eigenvalue weighted by molar-refractivity contribution is 5.78. The van der Waals surface area contributed by atoms with Gasteiger partial charge in [0, 0.05) is 5.92 Å². The fourth-order valence-corrected chi connectivity index (χ4v) is 3.31. The minimum atomic E-state index is -0.665. The molecule has 3 rings (SSSR count). The van der Waals surface area contributed by atoms with Gasteiger partial charge in [-0.1, -0.05) is 67.1 Å². The van der Waals surface area contributed by atoms with Gasteiger partial charge in [0.25, 0.3) is 0 Å². The number of carbonyl (C=O) groups is 1. The van der Waals surface area contributed by atoms with E-state index in [0.29, 0.717) is 0 Å². The normalized spacial score (nSPS) is 16.6. The second-order valence-electron chi connectivity index (χ2n) is 5.57. The third-order valence-corrected chi connectivity index (χ3v) is 4.49. The van der Waals surface area contributed by atoms with Gasteiger partial charge in [-0.3, -0.25) is 4.79 Å². The van der Waals surface area contributed by atoms with E-state index in [4.69, 9.17) is 0 Å². The molecule has 2 aromatic carbocycles. The maximum absolute atomic E-state index is 11.9. The number of carboxylic acid groups (broad SMARTS) is 1. The van der Waals surface area contributed by atoms with Crippen LogP contribution in [-0.4, -0.2) is 11.1 Å². The van der Waals surface area contributed by atoms with Gasteiger partial charge in [-0.05, 0) is 24.0 Å². The quantitative estimate of drug-likeness (QED) is 0.905. The SMILES string of the molecule is O=C(O)C1(C(c2ccccc2)c2ccccc2)CCC1. The van der Waals surface area contributed by atoms with Crippen molar-refractivity contribution in [3.05, 3.63) is 71.8 Å². The molecule has 2 nitrogen and oxygen atoms in total. The third kappa shape index (κ3) is 2.01. The van der Waals surface area contributed by atoms with E-state index >= 15 is 0 Å². The van der Waals surface area contributed by atoms with Crippen LogP contribution in [0, 0.1) is 5.41 Å². The largest absolute Gasteiger partial charge is 0.481 e. The van der Waals surface area contributed by atoms with Crippen LogP contribution in [0.5, 0.6) is 0 Å². The molecule has 0 unspecified atom stereocenters. The Labute approximate surface area is 119 Å². The first kappa shape index (κ1) is 12.9. The fraction of sp³-hybridized carbons (Fsp3) is 0.278. The van der Waals surface area contributed by atoms with Crippen molar-refractivity contribution in [2.45, 2.75) is 25.2 Å². The van der Waals surface area contributed by atoms with Crippen LogP contribution in [0.15, 0.2) is 60.7 Å². The monoisotopic (exact) mass is 266 g/mol. The molecule has 1 saturated carbocycles. The molecule has 2 heteroatoms. The first-order valence-electron chi connectivity index (χ1n) is 7.07. The van der Waals surface area contributed by atoms with Crippen LogP contribution in [0.25, 0.3) is 0 Å². The molecule has 0 saturated heterocycles. The fourth-order valence-electron chi connectivity index (χ4n) is 3.31. The van der Waals surface area contributed by atoms with Crippen LogP contribution in [0.1, 0.15) is 36.3 Å². The molecule has 0 bridgehead atoms. The van der Waals surface area contributed by atoms with Crippen molar-refractivity contribution in [3.8, 4) is 0 Å². The van der Waals surface area contributed by atoms with Crippen LogP contribution < -0.4 is 0 Å². The summed E-state index contributed by atoms with van der Waals surface area (Å²) >= 11 is 0. The van der Waals surface area contributed by atoms with Crippen LogP contribution in [0.2, 0.25) is 0 Å². The Morgan fingerprint density at radius 2 is 1.35 bits per heavy atom. The molecular formula is C18H18O2. The van der Waals surface area contributed by atoms with E-state index in [1.54, 1.807) is 0 Å². The zero-order valence-electron chi connectivity index (χ0n) is 11.3. The van der Waals surface area contributed by atoms with E-state index in [-0.39, 0.29) is 5.92 Å². The Kier molecular flexibility index (Phi) is 3.31. The first-order chi connectivity index (χ1) is 9.74. The number of aliphatic carboxylic acids is 1. The highest BCUT2D eigenvalue weighted by Gasteiger charge is 2.51. The van der Waals surface area contributed by atoms with E-state index in [1.807, 2.05) is 60.7 Å². The first-order valence-corrected chi connectivity index (χ1v) is 7.07. The van der Waals surface area contributed by atoms with Crippen LogP contribution in [-0.2, 0) is 4.79 Å². The summed E-state index contributed by atoms with van der Waals surface area (Å²) in [5.74, 6) is -0.724. The van der Waals surface area contributed by atoms with Crippen molar-refractivity contribution in [1.29, 1.82) is 0 Å². The lowest BCUT2D eigenvalue weighted by Gasteiger charge is -2.44. The van der Waals surface area contributed by atoms with Crippen molar-refractivity contribution in [1.82, 2.24) is 0 Å².